The summed E-state index contributed by atoms with van der Waals surface area (Å²) in [4.78, 5) is 0. The number of ether oxygens (including phenoxy) is 1. The molecule has 0 spiro atoms. The Bertz CT molecular complexity index is 388. The Morgan fingerprint density at radius 1 is 1.31 bits per heavy atom. The van der Waals surface area contributed by atoms with Crippen molar-refractivity contribution >= 4 is 15.9 Å². The van der Waals surface area contributed by atoms with Crippen molar-refractivity contribution < 1.29 is 13.5 Å². The fourth-order valence-corrected chi connectivity index (χ4v) is 1.63. The molecule has 2 nitrogen and oxygen atoms in total. The van der Waals surface area contributed by atoms with Crippen LogP contribution in [0.2, 0.25) is 0 Å². The Morgan fingerprint density at radius 3 is 2.31 bits per heavy atom. The molecule has 1 aromatic carbocycles. The van der Waals surface area contributed by atoms with Crippen LogP contribution in [0.3, 0.4) is 0 Å². The molecule has 0 atom stereocenters. The third kappa shape index (κ3) is 2.35. The predicted octanol–water partition coefficient (Wildman–Crippen LogP) is 3.29. The standard InChI is InChI=1S/C11H14BrF2NO/c1-10(2,15)11(13,14)8-6-7(12)4-5-9(8)16-3/h4-6H,15H2,1-3H3. The average Bonchev–Trinajstić information content (AvgIpc) is 2.16. The molecule has 1 rings (SSSR count). The maximum Gasteiger partial charge on any atom is 0.293 e. The predicted molar refractivity (Wildman–Crippen MR) is 62.9 cm³/mol. The third-order valence-corrected chi connectivity index (χ3v) is 2.80. The summed E-state index contributed by atoms with van der Waals surface area (Å²) in [7, 11) is 1.35. The number of hydrogen-bond acceptors (Lipinski definition) is 2. The summed E-state index contributed by atoms with van der Waals surface area (Å²) in [5, 5.41) is 0. The molecule has 0 aliphatic rings. The van der Waals surface area contributed by atoms with E-state index < -0.39 is 11.5 Å². The van der Waals surface area contributed by atoms with E-state index in [0.29, 0.717) is 4.47 Å². The number of nitrogens with two attached hydrogens (primary N) is 1. The quantitative estimate of drug-likeness (QED) is 0.928. The van der Waals surface area contributed by atoms with Crippen LogP contribution in [0.4, 0.5) is 8.78 Å². The fourth-order valence-electron chi connectivity index (χ4n) is 1.27. The van der Waals surface area contributed by atoms with Crippen molar-refractivity contribution in [2.75, 3.05) is 7.11 Å². The Morgan fingerprint density at radius 2 is 1.88 bits per heavy atom. The lowest BCUT2D eigenvalue weighted by Gasteiger charge is -2.31. The van der Waals surface area contributed by atoms with E-state index in [1.54, 1.807) is 6.07 Å². The van der Waals surface area contributed by atoms with Crippen LogP contribution in [0.5, 0.6) is 5.75 Å². The smallest absolute Gasteiger partial charge is 0.293 e. The highest BCUT2D eigenvalue weighted by Crippen LogP contribution is 2.42. The maximum absolute atomic E-state index is 14.1. The van der Waals surface area contributed by atoms with Gasteiger partial charge in [-0.2, -0.15) is 8.78 Å². The van der Waals surface area contributed by atoms with Crippen LogP contribution in [-0.4, -0.2) is 12.6 Å². The van der Waals surface area contributed by atoms with E-state index in [0.717, 1.165) is 0 Å². The normalized spacial score (nSPS) is 12.7. The SMILES string of the molecule is COc1ccc(Br)cc1C(F)(F)C(C)(C)N. The Labute approximate surface area is 102 Å². The van der Waals surface area contributed by atoms with Crippen LogP contribution in [0.15, 0.2) is 22.7 Å². The summed E-state index contributed by atoms with van der Waals surface area (Å²) in [5.74, 6) is -3.03. The van der Waals surface area contributed by atoms with E-state index in [1.807, 2.05) is 0 Å². The Kier molecular flexibility index (Phi) is 3.59. The van der Waals surface area contributed by atoms with Gasteiger partial charge in [0.05, 0.1) is 18.2 Å². The molecule has 0 amide bonds. The molecule has 0 heterocycles. The fraction of sp³-hybridized carbons (Fsp3) is 0.455. The lowest BCUT2D eigenvalue weighted by atomic mass is 9.90. The molecule has 0 aromatic heterocycles. The first-order valence-electron chi connectivity index (χ1n) is 4.71. The van der Waals surface area contributed by atoms with Gasteiger partial charge in [0.25, 0.3) is 5.92 Å². The van der Waals surface area contributed by atoms with Crippen LogP contribution < -0.4 is 10.5 Å². The van der Waals surface area contributed by atoms with Crippen LogP contribution in [0.25, 0.3) is 0 Å². The number of hydrogen-bond donors (Lipinski definition) is 1. The van der Waals surface area contributed by atoms with Gasteiger partial charge in [0.2, 0.25) is 0 Å². The minimum absolute atomic E-state index is 0.131. The molecule has 1 aromatic rings. The molecule has 2 N–H and O–H groups in total. The van der Waals surface area contributed by atoms with E-state index in [9.17, 15) is 8.78 Å². The Balaban J connectivity index is 3.36. The molecule has 0 bridgehead atoms. The molecule has 0 aliphatic carbocycles. The van der Waals surface area contributed by atoms with E-state index >= 15 is 0 Å². The van der Waals surface area contributed by atoms with Crippen molar-refractivity contribution in [2.45, 2.75) is 25.3 Å². The molecule has 0 aliphatic heterocycles. The van der Waals surface area contributed by atoms with Gasteiger partial charge >= 0.3 is 0 Å². The van der Waals surface area contributed by atoms with Gasteiger partial charge in [0.1, 0.15) is 5.75 Å². The zero-order chi connectivity index (χ0) is 12.6. The highest BCUT2D eigenvalue weighted by atomic mass is 79.9. The monoisotopic (exact) mass is 293 g/mol. The highest BCUT2D eigenvalue weighted by Gasteiger charge is 2.47. The van der Waals surface area contributed by atoms with Crippen LogP contribution in [-0.2, 0) is 5.92 Å². The van der Waals surface area contributed by atoms with Crippen molar-refractivity contribution in [1.29, 1.82) is 0 Å². The van der Waals surface area contributed by atoms with Crippen molar-refractivity contribution in [3.05, 3.63) is 28.2 Å². The number of alkyl halides is 2. The summed E-state index contributed by atoms with van der Waals surface area (Å²) < 4.78 is 33.6. The van der Waals surface area contributed by atoms with Gasteiger partial charge in [-0.05, 0) is 32.0 Å². The Hall–Kier alpha value is -0.680. The first-order chi connectivity index (χ1) is 7.20. The van der Waals surface area contributed by atoms with Gasteiger partial charge in [-0.3, -0.25) is 0 Å². The molecule has 90 valence electrons. The zero-order valence-corrected chi connectivity index (χ0v) is 10.9. The van der Waals surface area contributed by atoms with Gasteiger partial charge in [0.15, 0.2) is 0 Å². The number of methoxy groups -OCH3 is 1. The van der Waals surface area contributed by atoms with E-state index in [1.165, 1.54) is 33.1 Å². The van der Waals surface area contributed by atoms with Gasteiger partial charge in [-0.1, -0.05) is 15.9 Å². The van der Waals surface area contributed by atoms with Gasteiger partial charge in [-0.25, -0.2) is 0 Å². The summed E-state index contributed by atoms with van der Waals surface area (Å²) >= 11 is 3.15. The van der Waals surface area contributed by atoms with Gasteiger partial charge in [-0.15, -0.1) is 0 Å². The summed E-state index contributed by atoms with van der Waals surface area (Å²) in [6.45, 7) is 2.57. The minimum Gasteiger partial charge on any atom is -0.496 e. The van der Waals surface area contributed by atoms with E-state index in [2.05, 4.69) is 15.9 Å². The molecule has 0 unspecified atom stereocenters. The average molecular weight is 294 g/mol. The van der Waals surface area contributed by atoms with Gasteiger partial charge in [0, 0.05) is 4.47 Å². The molecule has 0 saturated carbocycles. The van der Waals surface area contributed by atoms with Gasteiger partial charge < -0.3 is 10.5 Å². The van der Waals surface area contributed by atoms with Crippen LogP contribution in [0, 0.1) is 0 Å². The first kappa shape index (κ1) is 13.4. The molecule has 0 radical (unpaired) electrons. The number of halogens is 3. The molecule has 0 saturated heterocycles. The second-order valence-corrected chi connectivity index (χ2v) is 5.06. The van der Waals surface area contributed by atoms with Crippen molar-refractivity contribution in [3.8, 4) is 5.75 Å². The molecular weight excluding hydrogens is 280 g/mol. The van der Waals surface area contributed by atoms with Crippen molar-refractivity contribution in [3.63, 3.8) is 0 Å². The second-order valence-electron chi connectivity index (χ2n) is 4.14. The molecular formula is C11H14BrF2NO. The maximum atomic E-state index is 14.1. The summed E-state index contributed by atoms with van der Waals surface area (Å²) in [6, 6.07) is 4.45. The van der Waals surface area contributed by atoms with E-state index in [4.69, 9.17) is 10.5 Å². The first-order valence-corrected chi connectivity index (χ1v) is 5.50. The lowest BCUT2D eigenvalue weighted by Crippen LogP contribution is -2.48. The van der Waals surface area contributed by atoms with E-state index in [-0.39, 0.29) is 11.3 Å². The number of rotatable bonds is 3. The van der Waals surface area contributed by atoms with Crippen LogP contribution in [0.1, 0.15) is 19.4 Å². The summed E-state index contributed by atoms with van der Waals surface area (Å²) in [6.07, 6.45) is 0. The molecule has 5 heteroatoms. The zero-order valence-electron chi connectivity index (χ0n) is 9.35. The molecule has 0 fully saturated rings. The third-order valence-electron chi connectivity index (χ3n) is 2.31. The lowest BCUT2D eigenvalue weighted by molar-refractivity contribution is -0.0688. The summed E-state index contributed by atoms with van der Waals surface area (Å²) in [5.41, 5.74) is 3.64. The minimum atomic E-state index is -3.16. The molecule has 16 heavy (non-hydrogen) atoms. The van der Waals surface area contributed by atoms with Crippen molar-refractivity contribution in [1.82, 2.24) is 0 Å². The van der Waals surface area contributed by atoms with Crippen molar-refractivity contribution in [2.24, 2.45) is 5.73 Å². The topological polar surface area (TPSA) is 35.2 Å². The largest absolute Gasteiger partial charge is 0.496 e. The number of benzene rings is 1. The van der Waals surface area contributed by atoms with Crippen LogP contribution >= 0.6 is 15.9 Å². The second kappa shape index (κ2) is 4.30. The highest BCUT2D eigenvalue weighted by molar-refractivity contribution is 9.10.